The molecule has 1 heterocycles. The number of nitrogens with one attached hydrogen (secondary N) is 1. The minimum absolute atomic E-state index is 0.0224. The molecule has 10 heteroatoms. The number of hydrogen-bond acceptors (Lipinski definition) is 7. The van der Waals surface area contributed by atoms with Gasteiger partial charge >= 0.3 is 17.9 Å². The van der Waals surface area contributed by atoms with Crippen LogP contribution >= 0.6 is 15.9 Å². The summed E-state index contributed by atoms with van der Waals surface area (Å²) in [6.07, 6.45) is 0.145. The zero-order valence-corrected chi connectivity index (χ0v) is 18.6. The molecule has 29 heavy (non-hydrogen) atoms. The maximum Gasteiger partial charge on any atom is 0.309 e. The number of nitrogens with zero attached hydrogens (tertiary/aromatic N) is 1. The first kappa shape index (κ1) is 22.9. The fourth-order valence-corrected chi connectivity index (χ4v) is 3.69. The second-order valence-corrected chi connectivity index (χ2v) is 7.29. The van der Waals surface area contributed by atoms with Crippen molar-refractivity contribution in [3.05, 3.63) is 21.8 Å². The number of carbonyl (C=O) groups excluding carboxylic acids is 3. The normalized spacial score (nSPS) is 11.9. The number of hydrogen-bond donors (Lipinski definition) is 1. The van der Waals surface area contributed by atoms with Gasteiger partial charge in [-0.15, -0.1) is 0 Å². The van der Waals surface area contributed by atoms with Crippen LogP contribution in [0.2, 0.25) is 0 Å². The van der Waals surface area contributed by atoms with Gasteiger partial charge in [-0.3, -0.25) is 19.5 Å². The number of ether oxygens (including phenoxy) is 3. The minimum Gasteiger partial charge on any atom is -0.466 e. The number of carbonyl (C=O) groups is 3. The van der Waals surface area contributed by atoms with Crippen LogP contribution in [0.25, 0.3) is 10.9 Å². The van der Waals surface area contributed by atoms with E-state index in [0.29, 0.717) is 4.60 Å². The number of esters is 3. The summed E-state index contributed by atoms with van der Waals surface area (Å²) in [5, 5.41) is 7.92. The van der Waals surface area contributed by atoms with Crippen molar-refractivity contribution in [1.82, 2.24) is 10.2 Å². The number of aromatic nitrogens is 2. The first-order chi connectivity index (χ1) is 13.8. The molecule has 0 bridgehead atoms. The smallest absolute Gasteiger partial charge is 0.309 e. The number of H-pyrrole nitrogens is 1. The molecular weight excluding hydrogens is 443 g/mol. The van der Waals surface area contributed by atoms with Gasteiger partial charge in [0.25, 0.3) is 0 Å². The van der Waals surface area contributed by atoms with Crippen molar-refractivity contribution >= 4 is 58.0 Å². The zero-order valence-electron chi connectivity index (χ0n) is 17.0. The predicted octanol–water partition coefficient (Wildman–Crippen LogP) is 1.32. The summed E-state index contributed by atoms with van der Waals surface area (Å²) in [6.45, 7) is 5.22. The van der Waals surface area contributed by atoms with E-state index in [-0.39, 0.29) is 32.7 Å². The van der Waals surface area contributed by atoms with E-state index < -0.39 is 23.8 Å². The lowest BCUT2D eigenvalue weighted by Gasteiger charge is -2.19. The third-order valence-electron chi connectivity index (χ3n) is 4.42. The molecule has 0 saturated heterocycles. The van der Waals surface area contributed by atoms with Gasteiger partial charge in [0, 0.05) is 17.9 Å². The maximum atomic E-state index is 12.5. The molecule has 0 aliphatic carbocycles. The van der Waals surface area contributed by atoms with Crippen LogP contribution in [0.15, 0.2) is 10.7 Å². The summed E-state index contributed by atoms with van der Waals surface area (Å²) in [7, 11) is 1.91. The summed E-state index contributed by atoms with van der Waals surface area (Å²) in [5.74, 6) is -2.07. The van der Waals surface area contributed by atoms with Gasteiger partial charge in [-0.25, -0.2) is 0 Å². The van der Waals surface area contributed by atoms with Gasteiger partial charge < -0.3 is 14.2 Å². The van der Waals surface area contributed by atoms with Crippen molar-refractivity contribution in [2.75, 3.05) is 13.2 Å². The van der Waals surface area contributed by atoms with Crippen LogP contribution in [-0.4, -0.2) is 49.2 Å². The van der Waals surface area contributed by atoms with Gasteiger partial charge in [0.1, 0.15) is 19.1 Å². The highest BCUT2D eigenvalue weighted by molar-refractivity contribution is 9.10. The Morgan fingerprint density at radius 2 is 1.90 bits per heavy atom. The zero-order chi connectivity index (χ0) is 21.6. The van der Waals surface area contributed by atoms with E-state index in [1.165, 1.54) is 6.92 Å². The molecule has 0 aliphatic heterocycles. The number of rotatable bonds is 9. The van der Waals surface area contributed by atoms with Gasteiger partial charge in [0.05, 0.1) is 31.1 Å². The van der Waals surface area contributed by atoms with Gasteiger partial charge in [-0.2, -0.15) is 5.10 Å². The first-order valence-corrected chi connectivity index (χ1v) is 10.2. The van der Waals surface area contributed by atoms with Gasteiger partial charge in [-0.1, -0.05) is 11.5 Å². The lowest BCUT2D eigenvalue weighted by molar-refractivity contribution is -0.154. The second-order valence-electron chi connectivity index (χ2n) is 6.54. The SMILES string of the molecule is Bc1cc(C[C@@H](CC(=O)OCC)C(=O)OCC)c(COC(C)=O)c2c(Br)n[nH]c12. The van der Waals surface area contributed by atoms with Crippen LogP contribution in [0, 0.1) is 5.92 Å². The molecule has 0 amide bonds. The molecule has 0 aliphatic rings. The monoisotopic (exact) mass is 466 g/mol. The number of benzene rings is 1. The highest BCUT2D eigenvalue weighted by Gasteiger charge is 2.27. The molecule has 156 valence electrons. The molecule has 0 unspecified atom stereocenters. The Bertz CT molecular complexity index is 914. The number of aromatic amines is 1. The van der Waals surface area contributed by atoms with Crippen molar-refractivity contribution in [1.29, 1.82) is 0 Å². The average Bonchev–Trinajstić information content (AvgIpc) is 3.03. The van der Waals surface area contributed by atoms with E-state index in [2.05, 4.69) is 26.1 Å². The van der Waals surface area contributed by atoms with Crippen LogP contribution in [0.5, 0.6) is 0 Å². The molecule has 0 radical (unpaired) electrons. The molecule has 1 aromatic heterocycles. The summed E-state index contributed by atoms with van der Waals surface area (Å²) in [4.78, 5) is 35.9. The summed E-state index contributed by atoms with van der Waals surface area (Å²) in [5.41, 5.74) is 3.22. The second kappa shape index (κ2) is 10.4. The Morgan fingerprint density at radius 3 is 2.52 bits per heavy atom. The molecule has 2 aromatic rings. The fourth-order valence-electron chi connectivity index (χ4n) is 3.17. The molecule has 2 rings (SSSR count). The molecule has 1 atom stereocenters. The van der Waals surface area contributed by atoms with Crippen molar-refractivity contribution in [3.63, 3.8) is 0 Å². The quantitative estimate of drug-likeness (QED) is 0.337. The van der Waals surface area contributed by atoms with E-state index in [0.717, 1.165) is 27.5 Å². The summed E-state index contributed by atoms with van der Waals surface area (Å²) < 4.78 is 16.0. The van der Waals surface area contributed by atoms with Crippen LogP contribution in [-0.2, 0) is 41.6 Å². The van der Waals surface area contributed by atoms with Crippen LogP contribution in [0.1, 0.15) is 38.3 Å². The van der Waals surface area contributed by atoms with Gasteiger partial charge in [0.2, 0.25) is 0 Å². The Balaban J connectivity index is 2.48. The highest BCUT2D eigenvalue weighted by Crippen LogP contribution is 2.29. The van der Waals surface area contributed by atoms with E-state index in [1.807, 2.05) is 13.9 Å². The molecule has 0 spiro atoms. The fraction of sp³-hybridized carbons (Fsp3) is 0.474. The highest BCUT2D eigenvalue weighted by atomic mass is 79.9. The minimum atomic E-state index is -0.715. The molecule has 0 saturated carbocycles. The Labute approximate surface area is 178 Å². The summed E-state index contributed by atoms with van der Waals surface area (Å²) >= 11 is 3.43. The van der Waals surface area contributed by atoms with Crippen molar-refractivity contribution in [2.24, 2.45) is 5.92 Å². The number of fused-ring (bicyclic) bond motifs is 1. The van der Waals surface area contributed by atoms with Gasteiger partial charge in [-0.05, 0) is 41.8 Å². The molecular formula is C19H24BBrN2O6. The topological polar surface area (TPSA) is 108 Å². The van der Waals surface area contributed by atoms with Crippen molar-refractivity contribution in [3.8, 4) is 0 Å². The number of halogens is 1. The first-order valence-electron chi connectivity index (χ1n) is 9.38. The largest absolute Gasteiger partial charge is 0.466 e. The molecule has 1 N–H and O–H groups in total. The summed E-state index contributed by atoms with van der Waals surface area (Å²) in [6, 6.07) is 1.91. The van der Waals surface area contributed by atoms with E-state index in [9.17, 15) is 14.4 Å². The van der Waals surface area contributed by atoms with E-state index in [1.54, 1.807) is 13.8 Å². The Hall–Kier alpha value is -2.36. The third-order valence-corrected chi connectivity index (χ3v) is 4.99. The Morgan fingerprint density at radius 1 is 1.21 bits per heavy atom. The third kappa shape index (κ3) is 5.82. The van der Waals surface area contributed by atoms with Crippen molar-refractivity contribution in [2.45, 2.75) is 40.2 Å². The standard InChI is InChI=1S/C19H24BBrN2O6/c1-4-27-15(25)8-12(19(26)28-5-2)6-11-7-14(20)17-16(18(21)23-22-17)13(11)9-29-10(3)24/h7,12H,4-6,8-9,20H2,1-3H3,(H,22,23)/t12-/m0/s1. The molecule has 0 fully saturated rings. The Kier molecular flexibility index (Phi) is 8.25. The molecule has 8 nitrogen and oxygen atoms in total. The van der Waals surface area contributed by atoms with E-state index in [4.69, 9.17) is 14.2 Å². The van der Waals surface area contributed by atoms with E-state index >= 15 is 0 Å². The molecule has 1 aromatic carbocycles. The van der Waals surface area contributed by atoms with Crippen LogP contribution in [0.4, 0.5) is 0 Å². The lowest BCUT2D eigenvalue weighted by atomic mass is 9.85. The average molecular weight is 467 g/mol. The van der Waals surface area contributed by atoms with Crippen LogP contribution in [0.3, 0.4) is 0 Å². The van der Waals surface area contributed by atoms with Crippen molar-refractivity contribution < 1.29 is 28.6 Å². The van der Waals surface area contributed by atoms with Gasteiger partial charge in [0.15, 0.2) is 0 Å². The lowest BCUT2D eigenvalue weighted by Crippen LogP contribution is -2.25. The maximum absolute atomic E-state index is 12.5. The van der Waals surface area contributed by atoms with Crippen LogP contribution < -0.4 is 5.46 Å². The predicted molar refractivity (Wildman–Crippen MR) is 113 cm³/mol.